The Kier molecular flexibility index (Phi) is 5.80. The molecule has 0 radical (unpaired) electrons. The van der Waals surface area contributed by atoms with Crippen molar-refractivity contribution in [2.24, 2.45) is 10.7 Å². The fraction of sp³-hybridized carbons (Fsp3) is 0.294. The number of esters is 1. The second-order valence-corrected chi connectivity index (χ2v) is 4.87. The molecule has 1 heterocycles. The molecule has 0 amide bonds. The number of aryl methyl sites for hydroxylation is 1. The van der Waals surface area contributed by atoms with Gasteiger partial charge in [0.1, 0.15) is 12.3 Å². The number of nitrogens with zero attached hydrogens (tertiary/aromatic N) is 1. The highest BCUT2D eigenvalue weighted by molar-refractivity contribution is 5.92. The van der Waals surface area contributed by atoms with E-state index < -0.39 is 5.97 Å². The van der Waals surface area contributed by atoms with E-state index >= 15 is 0 Å². The van der Waals surface area contributed by atoms with Gasteiger partial charge in [-0.05, 0) is 43.2 Å². The first-order chi connectivity index (χ1) is 11.1. The van der Waals surface area contributed by atoms with Gasteiger partial charge in [-0.1, -0.05) is 19.1 Å². The van der Waals surface area contributed by atoms with E-state index in [0.29, 0.717) is 12.4 Å². The van der Waals surface area contributed by atoms with Crippen LogP contribution >= 0.6 is 0 Å². The minimum atomic E-state index is -0.481. The number of rotatable bonds is 6. The van der Waals surface area contributed by atoms with E-state index in [1.165, 1.54) is 5.56 Å². The first kappa shape index (κ1) is 16.6. The molecular weight excluding hydrogens is 294 g/mol. The minimum Gasteiger partial charge on any atom is -0.460 e. The van der Waals surface area contributed by atoms with E-state index in [1.807, 2.05) is 18.2 Å². The molecule has 6 nitrogen and oxygen atoms in total. The van der Waals surface area contributed by atoms with Gasteiger partial charge in [0.2, 0.25) is 5.76 Å². The molecule has 0 aliphatic rings. The molecule has 0 aliphatic carbocycles. The maximum atomic E-state index is 11.5. The van der Waals surface area contributed by atoms with Gasteiger partial charge in [-0.2, -0.15) is 0 Å². The zero-order chi connectivity index (χ0) is 16.7. The number of hydrogen-bond acceptors (Lipinski definition) is 4. The van der Waals surface area contributed by atoms with Gasteiger partial charge in [0, 0.05) is 5.69 Å². The summed E-state index contributed by atoms with van der Waals surface area (Å²) in [4.78, 5) is 15.7. The predicted molar refractivity (Wildman–Crippen MR) is 89.4 cm³/mol. The predicted octanol–water partition coefficient (Wildman–Crippen LogP) is 2.95. The second-order valence-electron chi connectivity index (χ2n) is 4.87. The molecule has 0 saturated heterocycles. The third-order valence-corrected chi connectivity index (χ3v) is 3.15. The molecule has 2 rings (SSSR count). The quantitative estimate of drug-likeness (QED) is 0.486. The molecule has 6 heteroatoms. The highest BCUT2D eigenvalue weighted by Gasteiger charge is 2.11. The number of carbonyl (C=O) groups excluding carboxylic acids is 1. The Morgan fingerprint density at radius 3 is 2.87 bits per heavy atom. The number of nitrogens with one attached hydrogen (secondary N) is 1. The van der Waals surface area contributed by atoms with Crippen LogP contribution in [0.4, 0.5) is 5.69 Å². The van der Waals surface area contributed by atoms with Crippen LogP contribution in [0.5, 0.6) is 0 Å². The van der Waals surface area contributed by atoms with Gasteiger partial charge in [-0.25, -0.2) is 9.79 Å². The summed E-state index contributed by atoms with van der Waals surface area (Å²) in [6.45, 7) is 4.38. The number of aliphatic imine (C=N–C) groups is 1. The van der Waals surface area contributed by atoms with Crippen LogP contribution in [0.25, 0.3) is 0 Å². The van der Waals surface area contributed by atoms with Crippen LogP contribution in [0.15, 0.2) is 45.8 Å². The summed E-state index contributed by atoms with van der Waals surface area (Å²) in [6.07, 6.45) is 0.954. The summed E-state index contributed by atoms with van der Waals surface area (Å²) in [5.74, 6) is 0.511. The lowest BCUT2D eigenvalue weighted by molar-refractivity contribution is 0.0488. The molecule has 122 valence electrons. The van der Waals surface area contributed by atoms with Crippen LogP contribution in [-0.4, -0.2) is 18.5 Å². The summed E-state index contributed by atoms with van der Waals surface area (Å²) >= 11 is 0. The molecule has 0 bridgehead atoms. The Labute approximate surface area is 135 Å². The zero-order valence-corrected chi connectivity index (χ0v) is 13.3. The molecule has 0 spiro atoms. The van der Waals surface area contributed by atoms with E-state index in [9.17, 15) is 4.79 Å². The highest BCUT2D eigenvalue weighted by Crippen LogP contribution is 2.12. The maximum absolute atomic E-state index is 11.5. The Morgan fingerprint density at radius 2 is 2.13 bits per heavy atom. The number of hydrogen-bond donors (Lipinski definition) is 2. The topological polar surface area (TPSA) is 89.8 Å². The van der Waals surface area contributed by atoms with Gasteiger partial charge >= 0.3 is 5.97 Å². The molecule has 23 heavy (non-hydrogen) atoms. The number of nitrogens with two attached hydrogens (primary N) is 1. The van der Waals surface area contributed by atoms with Crippen molar-refractivity contribution in [1.29, 1.82) is 0 Å². The molecule has 0 fully saturated rings. The fourth-order valence-corrected chi connectivity index (χ4v) is 1.99. The Balaban J connectivity index is 1.95. The third-order valence-electron chi connectivity index (χ3n) is 3.15. The number of anilines is 1. The standard InChI is InChI=1S/C17H21N3O3/c1-3-12-6-5-7-13(10-12)20-17(18)19-11-14-8-9-15(23-14)16(21)22-4-2/h5-10H,3-4,11H2,1-2H3,(H3,18,19,20). The lowest BCUT2D eigenvalue weighted by Crippen LogP contribution is -2.22. The van der Waals surface area contributed by atoms with Crippen LogP contribution in [0.1, 0.15) is 35.7 Å². The van der Waals surface area contributed by atoms with Crippen LogP contribution in [-0.2, 0) is 17.7 Å². The first-order valence-electron chi connectivity index (χ1n) is 7.54. The lowest BCUT2D eigenvalue weighted by atomic mass is 10.1. The van der Waals surface area contributed by atoms with Crippen LogP contribution in [0.3, 0.4) is 0 Å². The molecule has 0 aliphatic heterocycles. The minimum absolute atomic E-state index is 0.166. The lowest BCUT2D eigenvalue weighted by Gasteiger charge is -2.06. The summed E-state index contributed by atoms with van der Waals surface area (Å²) in [7, 11) is 0. The molecule has 2 aromatic rings. The average molecular weight is 315 g/mol. The molecule has 0 atom stereocenters. The van der Waals surface area contributed by atoms with Crippen LogP contribution < -0.4 is 11.1 Å². The molecule has 1 aromatic heterocycles. The van der Waals surface area contributed by atoms with Crippen molar-refractivity contribution in [3.63, 3.8) is 0 Å². The monoisotopic (exact) mass is 315 g/mol. The second kappa shape index (κ2) is 8.03. The van der Waals surface area contributed by atoms with Crippen molar-refractivity contribution in [2.75, 3.05) is 11.9 Å². The highest BCUT2D eigenvalue weighted by atomic mass is 16.5. The van der Waals surface area contributed by atoms with Crippen LogP contribution in [0.2, 0.25) is 0 Å². The Bertz CT molecular complexity index is 692. The van der Waals surface area contributed by atoms with Crippen molar-refractivity contribution in [3.8, 4) is 0 Å². The fourth-order valence-electron chi connectivity index (χ4n) is 1.99. The molecule has 0 unspecified atom stereocenters. The van der Waals surface area contributed by atoms with E-state index in [0.717, 1.165) is 12.1 Å². The van der Waals surface area contributed by atoms with Gasteiger partial charge in [0.05, 0.1) is 6.61 Å². The molecule has 3 N–H and O–H groups in total. The maximum Gasteiger partial charge on any atom is 0.374 e. The van der Waals surface area contributed by atoms with Gasteiger partial charge in [-0.15, -0.1) is 0 Å². The average Bonchev–Trinajstić information content (AvgIpc) is 3.02. The molecular formula is C17H21N3O3. The normalized spacial score (nSPS) is 11.3. The number of furan rings is 1. The number of ether oxygens (including phenoxy) is 1. The van der Waals surface area contributed by atoms with E-state index in [-0.39, 0.29) is 18.3 Å². The molecule has 0 saturated carbocycles. The van der Waals surface area contributed by atoms with Gasteiger partial charge in [0.25, 0.3) is 0 Å². The smallest absolute Gasteiger partial charge is 0.374 e. The zero-order valence-electron chi connectivity index (χ0n) is 13.3. The van der Waals surface area contributed by atoms with Crippen molar-refractivity contribution in [1.82, 2.24) is 0 Å². The van der Waals surface area contributed by atoms with Crippen molar-refractivity contribution < 1.29 is 13.9 Å². The molecule has 1 aromatic carbocycles. The van der Waals surface area contributed by atoms with E-state index in [2.05, 4.69) is 23.3 Å². The number of benzene rings is 1. The summed E-state index contributed by atoms with van der Waals surface area (Å²) in [5.41, 5.74) is 7.97. The van der Waals surface area contributed by atoms with E-state index in [4.69, 9.17) is 14.9 Å². The third kappa shape index (κ3) is 4.88. The van der Waals surface area contributed by atoms with Crippen molar-refractivity contribution in [3.05, 3.63) is 53.5 Å². The summed E-state index contributed by atoms with van der Waals surface area (Å²) in [5, 5.41) is 3.03. The van der Waals surface area contributed by atoms with Crippen molar-refractivity contribution >= 4 is 17.6 Å². The van der Waals surface area contributed by atoms with Gasteiger partial charge in [-0.3, -0.25) is 0 Å². The summed E-state index contributed by atoms with van der Waals surface area (Å²) < 4.78 is 10.2. The van der Waals surface area contributed by atoms with Gasteiger partial charge in [0.15, 0.2) is 5.96 Å². The largest absolute Gasteiger partial charge is 0.460 e. The SMILES string of the molecule is CCOC(=O)c1ccc(CN=C(N)Nc2cccc(CC)c2)o1. The Morgan fingerprint density at radius 1 is 1.30 bits per heavy atom. The van der Waals surface area contributed by atoms with E-state index in [1.54, 1.807) is 19.1 Å². The van der Waals surface area contributed by atoms with Gasteiger partial charge < -0.3 is 20.2 Å². The van der Waals surface area contributed by atoms with Crippen LogP contribution in [0, 0.1) is 0 Å². The summed E-state index contributed by atoms with van der Waals surface area (Å²) in [6, 6.07) is 11.2. The first-order valence-corrected chi connectivity index (χ1v) is 7.54. The number of guanidine groups is 1. The Hall–Kier alpha value is -2.76. The van der Waals surface area contributed by atoms with Crippen molar-refractivity contribution in [2.45, 2.75) is 26.8 Å². The number of carbonyl (C=O) groups is 1.